The summed E-state index contributed by atoms with van der Waals surface area (Å²) in [6.45, 7) is 0. The van der Waals surface area contributed by atoms with E-state index >= 15 is 0 Å². The molecule has 0 saturated heterocycles. The van der Waals surface area contributed by atoms with Gasteiger partial charge in [0, 0.05) is 5.02 Å². The second kappa shape index (κ2) is 7.95. The average molecular weight is 379 g/mol. The van der Waals surface area contributed by atoms with Gasteiger partial charge in [-0.1, -0.05) is 29.8 Å². The molecule has 2 N–H and O–H groups in total. The molecule has 112 valence electrons. The molecule has 0 radical (unpaired) electrons. The molecule has 0 aromatic heterocycles. The quantitative estimate of drug-likeness (QED) is 0.453. The highest BCUT2D eigenvalue weighted by atomic mass is 79.9. The summed E-state index contributed by atoms with van der Waals surface area (Å²) in [6, 6.07) is 10.5. The Labute approximate surface area is 133 Å². The fourth-order valence-electron chi connectivity index (χ4n) is 1.30. The molecule has 0 aliphatic carbocycles. The standard InChI is InChI=1S/C8H6BrF2NO2.C6H5Cl/c1-14-8(13)3-2-4(9)5(10)6(11)7(3)12;7-6-4-2-1-3-5-6/h2H,12H2,1H3;1-5H. The van der Waals surface area contributed by atoms with E-state index in [2.05, 4.69) is 20.7 Å². The number of nitrogen functional groups attached to an aromatic ring is 1. The van der Waals surface area contributed by atoms with E-state index in [-0.39, 0.29) is 10.0 Å². The molecule has 2 rings (SSSR count). The number of rotatable bonds is 1. The Balaban J connectivity index is 0.000000262. The monoisotopic (exact) mass is 377 g/mol. The fraction of sp³-hybridized carbons (Fsp3) is 0.0714. The van der Waals surface area contributed by atoms with Gasteiger partial charge in [-0.3, -0.25) is 0 Å². The molecule has 0 aliphatic heterocycles. The van der Waals surface area contributed by atoms with Gasteiger partial charge in [-0.15, -0.1) is 0 Å². The number of hydrogen-bond donors (Lipinski definition) is 1. The maximum atomic E-state index is 13.0. The van der Waals surface area contributed by atoms with Crippen molar-refractivity contribution >= 4 is 39.2 Å². The van der Waals surface area contributed by atoms with Gasteiger partial charge in [0.2, 0.25) is 0 Å². The second-order valence-electron chi connectivity index (χ2n) is 3.73. The van der Waals surface area contributed by atoms with Crippen molar-refractivity contribution in [1.82, 2.24) is 0 Å². The first-order valence-corrected chi connectivity index (χ1v) is 6.77. The molecule has 0 unspecified atom stereocenters. The minimum Gasteiger partial charge on any atom is -0.465 e. The van der Waals surface area contributed by atoms with Crippen LogP contribution in [0.3, 0.4) is 0 Å². The average Bonchev–Trinajstić information content (AvgIpc) is 2.49. The maximum Gasteiger partial charge on any atom is 0.340 e. The first-order valence-electron chi connectivity index (χ1n) is 5.60. The number of hydrogen-bond acceptors (Lipinski definition) is 3. The van der Waals surface area contributed by atoms with Gasteiger partial charge in [0.25, 0.3) is 0 Å². The summed E-state index contributed by atoms with van der Waals surface area (Å²) >= 11 is 8.29. The Hall–Kier alpha value is -1.66. The molecule has 0 atom stereocenters. The highest BCUT2D eigenvalue weighted by molar-refractivity contribution is 9.10. The molecular weight excluding hydrogens is 368 g/mol. The Morgan fingerprint density at radius 3 is 2.24 bits per heavy atom. The molecule has 7 heteroatoms. The molecule has 0 heterocycles. The Morgan fingerprint density at radius 2 is 1.81 bits per heavy atom. The number of benzene rings is 2. The molecule has 0 bridgehead atoms. The molecule has 0 fully saturated rings. The minimum absolute atomic E-state index is 0.176. The Kier molecular flexibility index (Phi) is 6.58. The number of carbonyl (C=O) groups is 1. The lowest BCUT2D eigenvalue weighted by molar-refractivity contribution is 0.0601. The first-order chi connectivity index (χ1) is 9.88. The van der Waals surface area contributed by atoms with Crippen molar-refractivity contribution < 1.29 is 18.3 Å². The van der Waals surface area contributed by atoms with Gasteiger partial charge in [0.1, 0.15) is 0 Å². The van der Waals surface area contributed by atoms with E-state index in [1.54, 1.807) is 0 Å². The third-order valence-electron chi connectivity index (χ3n) is 2.34. The molecule has 21 heavy (non-hydrogen) atoms. The van der Waals surface area contributed by atoms with Crippen LogP contribution in [0.25, 0.3) is 0 Å². The van der Waals surface area contributed by atoms with Crippen molar-refractivity contribution in [2.75, 3.05) is 12.8 Å². The van der Waals surface area contributed by atoms with Gasteiger partial charge in [0.15, 0.2) is 11.6 Å². The van der Waals surface area contributed by atoms with Gasteiger partial charge in [-0.2, -0.15) is 0 Å². The van der Waals surface area contributed by atoms with Crippen molar-refractivity contribution in [2.24, 2.45) is 0 Å². The summed E-state index contributed by atoms with van der Waals surface area (Å²) in [4.78, 5) is 11.0. The summed E-state index contributed by atoms with van der Waals surface area (Å²) in [5.41, 5.74) is 4.42. The van der Waals surface area contributed by atoms with E-state index in [9.17, 15) is 13.6 Å². The predicted molar refractivity (Wildman–Crippen MR) is 81.3 cm³/mol. The van der Waals surface area contributed by atoms with E-state index in [4.69, 9.17) is 17.3 Å². The van der Waals surface area contributed by atoms with Gasteiger partial charge in [-0.05, 0) is 34.1 Å². The highest BCUT2D eigenvalue weighted by Crippen LogP contribution is 2.27. The summed E-state index contributed by atoms with van der Waals surface area (Å²) in [5, 5.41) is 0.794. The SMILES string of the molecule is COC(=O)c1cc(Br)c(F)c(F)c1N.Clc1ccccc1. The van der Waals surface area contributed by atoms with Gasteiger partial charge in [-0.25, -0.2) is 13.6 Å². The Morgan fingerprint density at radius 1 is 1.24 bits per heavy atom. The smallest absolute Gasteiger partial charge is 0.340 e. The molecule has 0 saturated carbocycles. The van der Waals surface area contributed by atoms with Crippen LogP contribution in [-0.4, -0.2) is 13.1 Å². The van der Waals surface area contributed by atoms with Gasteiger partial charge >= 0.3 is 5.97 Å². The fourth-order valence-corrected chi connectivity index (χ4v) is 1.85. The van der Waals surface area contributed by atoms with Gasteiger partial charge in [0.05, 0.1) is 22.8 Å². The summed E-state index contributed by atoms with van der Waals surface area (Å²) in [7, 11) is 1.12. The molecule has 2 aromatic carbocycles. The normalized spacial score (nSPS) is 9.57. The zero-order valence-electron chi connectivity index (χ0n) is 10.9. The predicted octanol–water partition coefficient (Wildman–Crippen LogP) is 4.44. The van der Waals surface area contributed by atoms with Crippen LogP contribution in [0.15, 0.2) is 40.9 Å². The number of halogens is 4. The van der Waals surface area contributed by atoms with Crippen LogP contribution in [0.4, 0.5) is 14.5 Å². The molecule has 2 aromatic rings. The van der Waals surface area contributed by atoms with Crippen LogP contribution in [0.5, 0.6) is 0 Å². The Bertz CT molecular complexity index is 639. The number of anilines is 1. The van der Waals surface area contributed by atoms with Crippen LogP contribution >= 0.6 is 27.5 Å². The second-order valence-corrected chi connectivity index (χ2v) is 5.03. The van der Waals surface area contributed by atoms with E-state index in [0.29, 0.717) is 0 Å². The minimum atomic E-state index is -1.26. The lowest BCUT2D eigenvalue weighted by atomic mass is 10.1. The van der Waals surface area contributed by atoms with E-state index in [1.165, 1.54) is 0 Å². The van der Waals surface area contributed by atoms with Crippen LogP contribution in [0.1, 0.15) is 10.4 Å². The number of esters is 1. The molecule has 0 spiro atoms. The summed E-state index contributed by atoms with van der Waals surface area (Å²) in [5.74, 6) is -3.21. The summed E-state index contributed by atoms with van der Waals surface area (Å²) in [6.07, 6.45) is 0. The number of ether oxygens (including phenoxy) is 1. The van der Waals surface area contributed by atoms with Crippen LogP contribution in [-0.2, 0) is 4.74 Å². The topological polar surface area (TPSA) is 52.3 Å². The van der Waals surface area contributed by atoms with E-state index in [0.717, 1.165) is 18.2 Å². The van der Waals surface area contributed by atoms with Crippen molar-refractivity contribution in [3.8, 4) is 0 Å². The van der Waals surface area contributed by atoms with Crippen LogP contribution in [0, 0.1) is 11.6 Å². The highest BCUT2D eigenvalue weighted by Gasteiger charge is 2.19. The van der Waals surface area contributed by atoms with Crippen molar-refractivity contribution in [2.45, 2.75) is 0 Å². The van der Waals surface area contributed by atoms with E-state index < -0.39 is 23.3 Å². The van der Waals surface area contributed by atoms with Crippen molar-refractivity contribution in [1.29, 1.82) is 0 Å². The zero-order chi connectivity index (χ0) is 16.0. The lowest BCUT2D eigenvalue weighted by Gasteiger charge is -2.06. The molecule has 3 nitrogen and oxygen atoms in total. The lowest BCUT2D eigenvalue weighted by Crippen LogP contribution is -2.09. The molecular formula is C14H11BrClF2NO2. The van der Waals surface area contributed by atoms with Crippen molar-refractivity contribution in [3.63, 3.8) is 0 Å². The summed E-state index contributed by atoms with van der Waals surface area (Å²) < 4.78 is 30.1. The van der Waals surface area contributed by atoms with Gasteiger partial charge < -0.3 is 10.5 Å². The first kappa shape index (κ1) is 17.4. The van der Waals surface area contributed by atoms with E-state index in [1.807, 2.05) is 30.3 Å². The largest absolute Gasteiger partial charge is 0.465 e. The number of nitrogens with two attached hydrogens (primary N) is 1. The third kappa shape index (κ3) is 4.68. The van der Waals surface area contributed by atoms with Crippen LogP contribution in [0.2, 0.25) is 5.02 Å². The zero-order valence-corrected chi connectivity index (χ0v) is 13.2. The number of methoxy groups -OCH3 is 1. The molecule has 0 aliphatic rings. The van der Waals surface area contributed by atoms with Crippen molar-refractivity contribution in [3.05, 3.63) is 63.1 Å². The molecule has 0 amide bonds. The number of carbonyl (C=O) groups excluding carboxylic acids is 1. The third-order valence-corrected chi connectivity index (χ3v) is 3.17. The van der Waals surface area contributed by atoms with Crippen LogP contribution < -0.4 is 5.73 Å². The maximum absolute atomic E-state index is 13.0.